The zero-order chi connectivity index (χ0) is 15.5. The third-order valence-corrected chi connectivity index (χ3v) is 4.74. The van der Waals surface area contributed by atoms with Crippen molar-refractivity contribution in [3.63, 3.8) is 0 Å². The van der Waals surface area contributed by atoms with Crippen LogP contribution < -0.4 is 10.6 Å². The largest absolute Gasteiger partial charge is 0.339 e. The number of hydrogen-bond donors (Lipinski definition) is 2. The molecule has 2 amide bonds. The minimum Gasteiger partial charge on any atom is -0.339 e. The van der Waals surface area contributed by atoms with Gasteiger partial charge in [0, 0.05) is 19.0 Å². The lowest BCUT2D eigenvalue weighted by molar-refractivity contribution is -0.121. The number of carbonyl (C=O) groups excluding carboxylic acids is 2. The van der Waals surface area contributed by atoms with E-state index in [1.54, 1.807) is 6.07 Å². The summed E-state index contributed by atoms with van der Waals surface area (Å²) in [7, 11) is 0. The van der Waals surface area contributed by atoms with Crippen molar-refractivity contribution in [1.29, 1.82) is 0 Å². The lowest BCUT2D eigenvalue weighted by Crippen LogP contribution is -2.48. The summed E-state index contributed by atoms with van der Waals surface area (Å²) in [5, 5.41) is 6.14. The van der Waals surface area contributed by atoms with Crippen LogP contribution in [0.4, 0.5) is 5.69 Å². The number of carbonyl (C=O) groups is 2. The van der Waals surface area contributed by atoms with E-state index in [-0.39, 0.29) is 30.1 Å². The van der Waals surface area contributed by atoms with E-state index in [2.05, 4.69) is 10.6 Å². The molecule has 0 aromatic heterocycles. The first-order valence-electron chi connectivity index (χ1n) is 8.06. The van der Waals surface area contributed by atoms with E-state index in [1.165, 1.54) is 0 Å². The van der Waals surface area contributed by atoms with Crippen molar-refractivity contribution in [2.45, 2.75) is 19.8 Å². The SMILES string of the molecule is CC(C(=O)Nc1ccccc1C(=O)N1CCCC1)C1CNC1.Cl. The number of para-hydroxylation sites is 1. The molecule has 0 saturated carbocycles. The topological polar surface area (TPSA) is 61.4 Å². The summed E-state index contributed by atoms with van der Waals surface area (Å²) in [5.74, 6) is 0.358. The maximum atomic E-state index is 12.6. The fraction of sp³-hybridized carbons (Fsp3) is 0.529. The number of nitrogens with zero attached hydrogens (tertiary/aromatic N) is 1. The smallest absolute Gasteiger partial charge is 0.255 e. The van der Waals surface area contributed by atoms with E-state index in [9.17, 15) is 9.59 Å². The quantitative estimate of drug-likeness (QED) is 0.885. The summed E-state index contributed by atoms with van der Waals surface area (Å²) in [4.78, 5) is 26.8. The van der Waals surface area contributed by atoms with Crippen molar-refractivity contribution in [3.8, 4) is 0 Å². The Bertz CT molecular complexity index is 569. The van der Waals surface area contributed by atoms with Crippen LogP contribution in [-0.2, 0) is 4.79 Å². The Balaban J connectivity index is 0.00000192. The second-order valence-electron chi connectivity index (χ2n) is 6.24. The molecular formula is C17H24ClN3O2. The highest BCUT2D eigenvalue weighted by Crippen LogP contribution is 2.23. The summed E-state index contributed by atoms with van der Waals surface area (Å²) in [6, 6.07) is 7.31. The van der Waals surface area contributed by atoms with Gasteiger partial charge < -0.3 is 15.5 Å². The molecule has 0 aliphatic carbocycles. The molecule has 2 heterocycles. The molecule has 5 nitrogen and oxygen atoms in total. The van der Waals surface area contributed by atoms with Crippen LogP contribution in [0, 0.1) is 11.8 Å². The van der Waals surface area contributed by atoms with E-state index in [0.29, 0.717) is 17.2 Å². The van der Waals surface area contributed by atoms with Crippen LogP contribution in [0.3, 0.4) is 0 Å². The Hall–Kier alpha value is -1.59. The number of hydrogen-bond acceptors (Lipinski definition) is 3. The van der Waals surface area contributed by atoms with Gasteiger partial charge in [-0.25, -0.2) is 0 Å². The molecular weight excluding hydrogens is 314 g/mol. The van der Waals surface area contributed by atoms with Crippen LogP contribution in [0.2, 0.25) is 0 Å². The molecule has 2 N–H and O–H groups in total. The predicted molar refractivity (Wildman–Crippen MR) is 93.0 cm³/mol. The number of amides is 2. The van der Waals surface area contributed by atoms with Crippen LogP contribution >= 0.6 is 12.4 Å². The van der Waals surface area contributed by atoms with Crippen LogP contribution in [0.5, 0.6) is 0 Å². The normalized spacial score (nSPS) is 18.7. The van der Waals surface area contributed by atoms with Gasteiger partial charge in [-0.1, -0.05) is 19.1 Å². The Morgan fingerprint density at radius 3 is 2.48 bits per heavy atom. The van der Waals surface area contributed by atoms with Crippen molar-refractivity contribution in [2.24, 2.45) is 11.8 Å². The van der Waals surface area contributed by atoms with E-state index < -0.39 is 0 Å². The van der Waals surface area contributed by atoms with Gasteiger partial charge in [-0.15, -0.1) is 12.4 Å². The second kappa shape index (κ2) is 7.79. The lowest BCUT2D eigenvalue weighted by atomic mass is 9.88. The first-order chi connectivity index (χ1) is 10.7. The van der Waals surface area contributed by atoms with Gasteiger partial charge in [-0.05, 0) is 44.0 Å². The average Bonchev–Trinajstić information content (AvgIpc) is 2.99. The van der Waals surface area contributed by atoms with Gasteiger partial charge in [-0.3, -0.25) is 9.59 Å². The molecule has 6 heteroatoms. The second-order valence-corrected chi connectivity index (χ2v) is 6.24. The van der Waals surface area contributed by atoms with Gasteiger partial charge in [0.2, 0.25) is 5.91 Å². The maximum absolute atomic E-state index is 12.6. The van der Waals surface area contributed by atoms with Crippen LogP contribution in [-0.4, -0.2) is 42.9 Å². The first kappa shape index (κ1) is 17.8. The van der Waals surface area contributed by atoms with E-state index in [4.69, 9.17) is 0 Å². The van der Waals surface area contributed by atoms with Crippen LogP contribution in [0.15, 0.2) is 24.3 Å². The number of likely N-dealkylation sites (tertiary alicyclic amines) is 1. The summed E-state index contributed by atoms with van der Waals surface area (Å²) in [6.45, 7) is 5.36. The molecule has 2 saturated heterocycles. The molecule has 126 valence electrons. The Labute approximate surface area is 143 Å². The summed E-state index contributed by atoms with van der Waals surface area (Å²) in [5.41, 5.74) is 1.22. The Kier molecular flexibility index (Phi) is 6.02. The maximum Gasteiger partial charge on any atom is 0.255 e. The van der Waals surface area contributed by atoms with Gasteiger partial charge in [0.05, 0.1) is 11.3 Å². The minimum atomic E-state index is -0.0452. The molecule has 0 radical (unpaired) electrons. The van der Waals surface area contributed by atoms with Crippen molar-refractivity contribution >= 4 is 29.9 Å². The fourth-order valence-electron chi connectivity index (χ4n) is 2.99. The Morgan fingerprint density at radius 1 is 1.22 bits per heavy atom. The van der Waals surface area contributed by atoms with Crippen molar-refractivity contribution < 1.29 is 9.59 Å². The van der Waals surface area contributed by atoms with Gasteiger partial charge in [-0.2, -0.15) is 0 Å². The van der Waals surface area contributed by atoms with Crippen LogP contribution in [0.25, 0.3) is 0 Å². The van der Waals surface area contributed by atoms with Crippen LogP contribution in [0.1, 0.15) is 30.1 Å². The number of halogens is 1. The Morgan fingerprint density at radius 2 is 1.87 bits per heavy atom. The monoisotopic (exact) mass is 337 g/mol. The van der Waals surface area contributed by atoms with E-state index in [1.807, 2.05) is 30.0 Å². The minimum absolute atomic E-state index is 0. The molecule has 0 bridgehead atoms. The third kappa shape index (κ3) is 3.85. The molecule has 1 atom stereocenters. The molecule has 0 spiro atoms. The highest BCUT2D eigenvalue weighted by Gasteiger charge is 2.29. The number of anilines is 1. The highest BCUT2D eigenvalue weighted by atomic mass is 35.5. The molecule has 23 heavy (non-hydrogen) atoms. The fourth-order valence-corrected chi connectivity index (χ4v) is 2.99. The van der Waals surface area contributed by atoms with Gasteiger partial charge in [0.1, 0.15) is 0 Å². The summed E-state index contributed by atoms with van der Waals surface area (Å²) in [6.07, 6.45) is 2.12. The first-order valence-corrected chi connectivity index (χ1v) is 8.06. The molecule has 1 unspecified atom stereocenters. The number of rotatable bonds is 4. The van der Waals surface area contributed by atoms with E-state index in [0.717, 1.165) is 39.0 Å². The molecule has 1 aromatic carbocycles. The number of nitrogens with one attached hydrogen (secondary N) is 2. The molecule has 2 fully saturated rings. The predicted octanol–water partition coefficient (Wildman–Crippen LogP) is 2.14. The zero-order valence-electron chi connectivity index (χ0n) is 13.4. The summed E-state index contributed by atoms with van der Waals surface area (Å²) < 4.78 is 0. The third-order valence-electron chi connectivity index (χ3n) is 4.74. The zero-order valence-corrected chi connectivity index (χ0v) is 14.2. The van der Waals surface area contributed by atoms with Gasteiger partial charge in [0.25, 0.3) is 5.91 Å². The van der Waals surface area contributed by atoms with Gasteiger partial charge >= 0.3 is 0 Å². The summed E-state index contributed by atoms with van der Waals surface area (Å²) >= 11 is 0. The standard InChI is InChI=1S/C17H23N3O2.ClH/c1-12(13-10-18-11-13)16(21)19-15-7-3-2-6-14(15)17(22)20-8-4-5-9-20;/h2-3,6-7,12-13,18H,4-5,8-11H2,1H3,(H,19,21);1H. The van der Waals surface area contributed by atoms with Gasteiger partial charge in [0.15, 0.2) is 0 Å². The molecule has 3 rings (SSSR count). The molecule has 2 aliphatic heterocycles. The number of benzene rings is 1. The van der Waals surface area contributed by atoms with Crippen molar-refractivity contribution in [1.82, 2.24) is 10.2 Å². The van der Waals surface area contributed by atoms with E-state index >= 15 is 0 Å². The molecule has 2 aliphatic rings. The van der Waals surface area contributed by atoms with Crippen molar-refractivity contribution in [2.75, 3.05) is 31.5 Å². The average molecular weight is 338 g/mol. The van der Waals surface area contributed by atoms with Crippen molar-refractivity contribution in [3.05, 3.63) is 29.8 Å². The lowest BCUT2D eigenvalue weighted by Gasteiger charge is -2.31. The highest BCUT2D eigenvalue weighted by molar-refractivity contribution is 6.04. The molecule has 1 aromatic rings.